The predicted octanol–water partition coefficient (Wildman–Crippen LogP) is 4.86. The second kappa shape index (κ2) is 7.28. The fourth-order valence-corrected chi connectivity index (χ4v) is 3.49. The monoisotopic (exact) mass is 347 g/mol. The number of halogens is 1. The number of ether oxygens (including phenoxy) is 1. The van der Waals surface area contributed by atoms with E-state index in [2.05, 4.69) is 57.2 Å². The lowest BCUT2D eigenvalue weighted by atomic mass is 10.1. The van der Waals surface area contributed by atoms with Crippen molar-refractivity contribution in [1.82, 2.24) is 4.90 Å². The van der Waals surface area contributed by atoms with Gasteiger partial charge in [0.05, 0.1) is 6.61 Å². The molecular weight excluding hydrogens is 326 g/mol. The first kappa shape index (κ1) is 14.9. The summed E-state index contributed by atoms with van der Waals surface area (Å²) < 4.78 is 7.14. The van der Waals surface area contributed by atoms with Gasteiger partial charge in [0, 0.05) is 16.4 Å². The van der Waals surface area contributed by atoms with E-state index >= 15 is 0 Å². The van der Waals surface area contributed by atoms with Crippen molar-refractivity contribution in [1.29, 1.82) is 0 Å². The quantitative estimate of drug-likeness (QED) is 0.716. The van der Waals surface area contributed by atoms with Gasteiger partial charge in [0.15, 0.2) is 0 Å². The summed E-state index contributed by atoms with van der Waals surface area (Å²) in [6.07, 6.45) is 5.22. The van der Waals surface area contributed by atoms with Crippen LogP contribution in [-0.2, 0) is 0 Å². The van der Waals surface area contributed by atoms with Crippen LogP contribution in [0.5, 0.6) is 5.75 Å². The van der Waals surface area contributed by atoms with Crippen molar-refractivity contribution in [2.24, 2.45) is 0 Å². The third-order valence-electron chi connectivity index (χ3n) is 4.16. The van der Waals surface area contributed by atoms with Crippen molar-refractivity contribution >= 4 is 26.7 Å². The number of benzene rings is 2. The molecule has 1 aliphatic rings. The lowest BCUT2D eigenvalue weighted by Gasteiger charge is -2.26. The first-order chi connectivity index (χ1) is 10.3. The minimum atomic E-state index is 0.794. The Labute approximate surface area is 135 Å². The van der Waals surface area contributed by atoms with Gasteiger partial charge >= 0.3 is 0 Å². The Bertz CT molecular complexity index is 593. The third kappa shape index (κ3) is 3.78. The zero-order valence-electron chi connectivity index (χ0n) is 12.4. The molecular formula is C18H22BrNO. The van der Waals surface area contributed by atoms with Gasteiger partial charge < -0.3 is 9.64 Å². The van der Waals surface area contributed by atoms with Crippen LogP contribution in [0.1, 0.15) is 25.7 Å². The lowest BCUT2D eigenvalue weighted by Crippen LogP contribution is -2.31. The van der Waals surface area contributed by atoms with E-state index < -0.39 is 0 Å². The van der Waals surface area contributed by atoms with Gasteiger partial charge in [0.25, 0.3) is 0 Å². The number of nitrogens with zero attached hydrogens (tertiary/aromatic N) is 1. The van der Waals surface area contributed by atoms with E-state index in [1.807, 2.05) is 0 Å². The van der Waals surface area contributed by atoms with Gasteiger partial charge in [-0.2, -0.15) is 0 Å². The van der Waals surface area contributed by atoms with Gasteiger partial charge in [0.2, 0.25) is 0 Å². The standard InChI is InChI=1S/C18H22BrNO/c19-17-9-10-18(16-8-3-2-7-15(16)17)21-14-6-13-20-11-4-1-5-12-20/h2-3,7-10H,1,4-6,11-14H2. The summed E-state index contributed by atoms with van der Waals surface area (Å²) in [4.78, 5) is 2.56. The molecule has 0 saturated carbocycles. The minimum absolute atomic E-state index is 0.794. The molecule has 1 aliphatic heterocycles. The van der Waals surface area contributed by atoms with E-state index in [0.29, 0.717) is 0 Å². The van der Waals surface area contributed by atoms with Crippen LogP contribution in [0, 0.1) is 0 Å². The third-order valence-corrected chi connectivity index (χ3v) is 4.85. The second-order valence-corrected chi connectivity index (χ2v) is 6.55. The van der Waals surface area contributed by atoms with E-state index in [-0.39, 0.29) is 0 Å². The molecule has 0 bridgehead atoms. The van der Waals surface area contributed by atoms with Crippen LogP contribution < -0.4 is 4.74 Å². The molecule has 0 unspecified atom stereocenters. The van der Waals surface area contributed by atoms with Crippen molar-refractivity contribution in [2.75, 3.05) is 26.2 Å². The fraction of sp³-hybridized carbons (Fsp3) is 0.444. The summed E-state index contributed by atoms with van der Waals surface area (Å²) in [6.45, 7) is 4.49. The highest BCUT2D eigenvalue weighted by Gasteiger charge is 2.09. The van der Waals surface area contributed by atoms with Crippen molar-refractivity contribution < 1.29 is 4.74 Å². The zero-order valence-corrected chi connectivity index (χ0v) is 13.9. The number of hydrogen-bond donors (Lipinski definition) is 0. The Morgan fingerprint density at radius 1 is 0.952 bits per heavy atom. The number of fused-ring (bicyclic) bond motifs is 1. The number of piperidine rings is 1. The maximum Gasteiger partial charge on any atom is 0.127 e. The molecule has 3 rings (SSSR count). The first-order valence-electron chi connectivity index (χ1n) is 7.87. The number of rotatable bonds is 5. The SMILES string of the molecule is Brc1ccc(OCCCN2CCCCC2)c2ccccc12. The second-order valence-electron chi connectivity index (χ2n) is 5.70. The summed E-state index contributed by atoms with van der Waals surface area (Å²) in [6, 6.07) is 12.5. The maximum atomic E-state index is 6.02. The van der Waals surface area contributed by atoms with Crippen LogP contribution in [0.15, 0.2) is 40.9 Å². The molecule has 0 aromatic heterocycles. The Morgan fingerprint density at radius 3 is 2.52 bits per heavy atom. The minimum Gasteiger partial charge on any atom is -0.493 e. The lowest BCUT2D eigenvalue weighted by molar-refractivity contribution is 0.205. The first-order valence-corrected chi connectivity index (χ1v) is 8.66. The van der Waals surface area contributed by atoms with Gasteiger partial charge in [0.1, 0.15) is 5.75 Å². The van der Waals surface area contributed by atoms with E-state index in [1.54, 1.807) is 0 Å². The maximum absolute atomic E-state index is 6.02. The molecule has 0 aliphatic carbocycles. The molecule has 3 heteroatoms. The summed E-state index contributed by atoms with van der Waals surface area (Å²) in [7, 11) is 0. The van der Waals surface area contributed by atoms with Crippen LogP contribution in [-0.4, -0.2) is 31.1 Å². The van der Waals surface area contributed by atoms with Crippen LogP contribution in [0.2, 0.25) is 0 Å². The van der Waals surface area contributed by atoms with Gasteiger partial charge in [-0.25, -0.2) is 0 Å². The molecule has 2 nitrogen and oxygen atoms in total. The zero-order chi connectivity index (χ0) is 14.5. The van der Waals surface area contributed by atoms with Crippen molar-refractivity contribution in [3.8, 4) is 5.75 Å². The average Bonchev–Trinajstić information content (AvgIpc) is 2.55. The van der Waals surface area contributed by atoms with E-state index in [9.17, 15) is 0 Å². The topological polar surface area (TPSA) is 12.5 Å². The summed E-state index contributed by atoms with van der Waals surface area (Å²) in [5.41, 5.74) is 0. The van der Waals surface area contributed by atoms with Crippen LogP contribution >= 0.6 is 15.9 Å². The van der Waals surface area contributed by atoms with E-state index in [4.69, 9.17) is 4.74 Å². The normalized spacial score (nSPS) is 16.2. The van der Waals surface area contributed by atoms with Crippen LogP contribution in [0.4, 0.5) is 0 Å². The molecule has 1 fully saturated rings. The van der Waals surface area contributed by atoms with E-state index in [1.165, 1.54) is 43.1 Å². The number of likely N-dealkylation sites (tertiary alicyclic amines) is 1. The molecule has 0 radical (unpaired) electrons. The summed E-state index contributed by atoms with van der Waals surface area (Å²) >= 11 is 3.60. The number of hydrogen-bond acceptors (Lipinski definition) is 2. The van der Waals surface area contributed by atoms with Crippen LogP contribution in [0.25, 0.3) is 10.8 Å². The Hall–Kier alpha value is -1.06. The van der Waals surface area contributed by atoms with Gasteiger partial charge in [-0.05, 0) is 49.9 Å². The molecule has 0 N–H and O–H groups in total. The molecule has 2 aromatic rings. The average molecular weight is 348 g/mol. The highest BCUT2D eigenvalue weighted by molar-refractivity contribution is 9.10. The molecule has 0 atom stereocenters. The molecule has 0 spiro atoms. The molecule has 1 saturated heterocycles. The Balaban J connectivity index is 1.57. The Morgan fingerprint density at radius 2 is 1.71 bits per heavy atom. The summed E-state index contributed by atoms with van der Waals surface area (Å²) in [5, 5.41) is 2.40. The fourth-order valence-electron chi connectivity index (χ4n) is 3.01. The van der Waals surface area contributed by atoms with Gasteiger partial charge in [-0.15, -0.1) is 0 Å². The largest absolute Gasteiger partial charge is 0.493 e. The van der Waals surface area contributed by atoms with Gasteiger partial charge in [-0.3, -0.25) is 0 Å². The molecule has 1 heterocycles. The van der Waals surface area contributed by atoms with Crippen molar-refractivity contribution in [3.63, 3.8) is 0 Å². The predicted molar refractivity (Wildman–Crippen MR) is 92.1 cm³/mol. The molecule has 112 valence electrons. The highest BCUT2D eigenvalue weighted by atomic mass is 79.9. The summed E-state index contributed by atoms with van der Waals surface area (Å²) in [5.74, 6) is 0.993. The molecule has 0 amide bonds. The highest BCUT2D eigenvalue weighted by Crippen LogP contribution is 2.31. The van der Waals surface area contributed by atoms with Gasteiger partial charge in [-0.1, -0.05) is 46.6 Å². The van der Waals surface area contributed by atoms with Crippen molar-refractivity contribution in [3.05, 3.63) is 40.9 Å². The molecule has 2 aromatic carbocycles. The Kier molecular flexibility index (Phi) is 5.15. The molecule has 21 heavy (non-hydrogen) atoms. The van der Waals surface area contributed by atoms with Crippen molar-refractivity contribution in [2.45, 2.75) is 25.7 Å². The van der Waals surface area contributed by atoms with Crippen LogP contribution in [0.3, 0.4) is 0 Å². The van der Waals surface area contributed by atoms with E-state index in [0.717, 1.165) is 29.8 Å². The smallest absolute Gasteiger partial charge is 0.127 e.